The molecule has 0 spiro atoms. The van der Waals surface area contributed by atoms with Crippen LogP contribution in [0.4, 0.5) is 5.69 Å². The molecule has 0 saturated heterocycles. The summed E-state index contributed by atoms with van der Waals surface area (Å²) in [5.41, 5.74) is 1.93. The predicted octanol–water partition coefficient (Wildman–Crippen LogP) is 2.58. The lowest BCUT2D eigenvalue weighted by molar-refractivity contribution is 0.0688. The fourth-order valence-corrected chi connectivity index (χ4v) is 3.40. The molecule has 0 saturated carbocycles. The van der Waals surface area contributed by atoms with Crippen LogP contribution in [-0.2, 0) is 19.5 Å². The third-order valence-corrected chi connectivity index (χ3v) is 5.31. The van der Waals surface area contributed by atoms with E-state index in [1.165, 1.54) is 24.3 Å². The van der Waals surface area contributed by atoms with Gasteiger partial charge >= 0.3 is 0 Å². The molecule has 0 bridgehead atoms. The topological polar surface area (TPSA) is 93.7 Å². The first-order chi connectivity index (χ1) is 13.4. The van der Waals surface area contributed by atoms with Gasteiger partial charge in [-0.15, -0.1) is 0 Å². The molecule has 152 valence electrons. The van der Waals surface area contributed by atoms with Gasteiger partial charge in [0.25, 0.3) is 15.9 Å². The Bertz CT molecular complexity index is 849. The number of hydrogen-bond donors (Lipinski definition) is 2. The van der Waals surface area contributed by atoms with Crippen molar-refractivity contribution in [2.75, 3.05) is 38.2 Å². The first-order valence-electron chi connectivity index (χ1n) is 8.97. The fourth-order valence-electron chi connectivity index (χ4n) is 2.34. The first kappa shape index (κ1) is 21.9. The number of methoxy groups -OCH3 is 1. The smallest absolute Gasteiger partial charge is 0.261 e. The van der Waals surface area contributed by atoms with Gasteiger partial charge in [-0.05, 0) is 49.7 Å². The lowest BCUT2D eigenvalue weighted by atomic mass is 10.2. The highest BCUT2D eigenvalue weighted by Gasteiger charge is 2.15. The number of carbonyl (C=O) groups is 1. The van der Waals surface area contributed by atoms with Crippen LogP contribution in [0.2, 0.25) is 0 Å². The van der Waals surface area contributed by atoms with E-state index in [4.69, 9.17) is 9.47 Å². The van der Waals surface area contributed by atoms with Crippen LogP contribution >= 0.6 is 0 Å². The van der Waals surface area contributed by atoms with Crippen molar-refractivity contribution in [1.82, 2.24) is 5.32 Å². The summed E-state index contributed by atoms with van der Waals surface area (Å²) in [7, 11) is -2.10. The van der Waals surface area contributed by atoms with Crippen LogP contribution in [0.5, 0.6) is 0 Å². The molecule has 0 aliphatic carbocycles. The summed E-state index contributed by atoms with van der Waals surface area (Å²) in [4.78, 5) is 12.2. The number of aryl methyl sites for hydroxylation is 1. The lowest BCUT2D eigenvalue weighted by Gasteiger charge is -2.09. The van der Waals surface area contributed by atoms with Crippen molar-refractivity contribution in [3.8, 4) is 0 Å². The molecular weight excluding hydrogens is 380 g/mol. The van der Waals surface area contributed by atoms with E-state index in [1.54, 1.807) is 19.2 Å². The van der Waals surface area contributed by atoms with Crippen molar-refractivity contribution < 1.29 is 22.7 Å². The number of amides is 1. The van der Waals surface area contributed by atoms with Crippen LogP contribution in [0.25, 0.3) is 0 Å². The Labute approximate surface area is 166 Å². The van der Waals surface area contributed by atoms with E-state index >= 15 is 0 Å². The van der Waals surface area contributed by atoms with E-state index in [2.05, 4.69) is 10.0 Å². The monoisotopic (exact) mass is 406 g/mol. The summed E-state index contributed by atoms with van der Waals surface area (Å²) >= 11 is 0. The zero-order valence-corrected chi connectivity index (χ0v) is 16.9. The maximum absolute atomic E-state index is 12.5. The summed E-state index contributed by atoms with van der Waals surface area (Å²) in [6.45, 7) is 4.00. The number of rotatable bonds is 11. The molecular formula is C20H26N2O5S. The second-order valence-corrected chi connectivity index (χ2v) is 7.89. The Morgan fingerprint density at radius 1 is 0.964 bits per heavy atom. The summed E-state index contributed by atoms with van der Waals surface area (Å²) in [6, 6.07) is 12.9. The minimum atomic E-state index is -3.71. The first-order valence-corrected chi connectivity index (χ1v) is 10.4. The van der Waals surface area contributed by atoms with Gasteiger partial charge in [-0.1, -0.05) is 17.7 Å². The normalized spacial score (nSPS) is 11.2. The highest BCUT2D eigenvalue weighted by atomic mass is 32.2. The second-order valence-electron chi connectivity index (χ2n) is 6.21. The predicted molar refractivity (Wildman–Crippen MR) is 108 cm³/mol. The molecule has 0 atom stereocenters. The van der Waals surface area contributed by atoms with Crippen LogP contribution in [0.15, 0.2) is 53.4 Å². The van der Waals surface area contributed by atoms with E-state index < -0.39 is 10.0 Å². The Hall–Kier alpha value is -2.42. The number of nitrogens with one attached hydrogen (secondary N) is 2. The maximum Gasteiger partial charge on any atom is 0.261 e. The number of sulfonamides is 1. The van der Waals surface area contributed by atoms with Crippen LogP contribution in [0.3, 0.4) is 0 Å². The number of ether oxygens (including phenoxy) is 2. The summed E-state index contributed by atoms with van der Waals surface area (Å²) in [6.07, 6.45) is 0.683. The number of hydrogen-bond acceptors (Lipinski definition) is 5. The van der Waals surface area contributed by atoms with Crippen molar-refractivity contribution in [2.24, 2.45) is 0 Å². The molecule has 0 aliphatic heterocycles. The third-order valence-electron chi connectivity index (χ3n) is 3.91. The van der Waals surface area contributed by atoms with E-state index in [1.807, 2.05) is 19.1 Å². The van der Waals surface area contributed by atoms with Crippen molar-refractivity contribution >= 4 is 21.6 Å². The zero-order valence-electron chi connectivity index (χ0n) is 16.1. The van der Waals surface area contributed by atoms with Crippen molar-refractivity contribution in [2.45, 2.75) is 18.2 Å². The molecule has 7 nitrogen and oxygen atoms in total. The fraction of sp³-hybridized carbons (Fsp3) is 0.350. The molecule has 2 aromatic carbocycles. The summed E-state index contributed by atoms with van der Waals surface area (Å²) < 4.78 is 37.6. The summed E-state index contributed by atoms with van der Waals surface area (Å²) in [5.74, 6) is -0.257. The van der Waals surface area contributed by atoms with Crippen molar-refractivity contribution in [3.63, 3.8) is 0 Å². The number of anilines is 1. The van der Waals surface area contributed by atoms with Gasteiger partial charge in [0.1, 0.15) is 0 Å². The van der Waals surface area contributed by atoms with Crippen LogP contribution in [0.1, 0.15) is 22.3 Å². The molecule has 0 radical (unpaired) electrons. The summed E-state index contributed by atoms with van der Waals surface area (Å²) in [5, 5.41) is 2.78. The standard InChI is InChI=1S/C20H26N2O5S/c1-16-4-8-18(9-5-16)22-28(24,25)19-10-6-17(7-11-19)20(23)21-12-3-13-27-15-14-26-2/h4-11,22H,3,12-15H2,1-2H3,(H,21,23). The van der Waals surface area contributed by atoms with Crippen molar-refractivity contribution in [1.29, 1.82) is 0 Å². The van der Waals surface area contributed by atoms with Crippen LogP contribution in [0, 0.1) is 6.92 Å². The molecule has 8 heteroatoms. The molecule has 28 heavy (non-hydrogen) atoms. The van der Waals surface area contributed by atoms with Gasteiger partial charge in [-0.3, -0.25) is 9.52 Å². The second kappa shape index (κ2) is 10.8. The van der Waals surface area contributed by atoms with Gasteiger partial charge in [0.2, 0.25) is 0 Å². The maximum atomic E-state index is 12.5. The van der Waals surface area contributed by atoms with E-state index in [0.717, 1.165) is 5.56 Å². The quantitative estimate of drug-likeness (QED) is 0.560. The van der Waals surface area contributed by atoms with E-state index in [0.29, 0.717) is 44.0 Å². The molecule has 0 unspecified atom stereocenters. The van der Waals surface area contributed by atoms with Crippen molar-refractivity contribution in [3.05, 3.63) is 59.7 Å². The highest BCUT2D eigenvalue weighted by Crippen LogP contribution is 2.17. The minimum absolute atomic E-state index is 0.0937. The SMILES string of the molecule is COCCOCCCNC(=O)c1ccc(S(=O)(=O)Nc2ccc(C)cc2)cc1. The van der Waals surface area contributed by atoms with Crippen LogP contribution in [-0.4, -0.2) is 47.8 Å². The lowest BCUT2D eigenvalue weighted by Crippen LogP contribution is -2.25. The van der Waals surface area contributed by atoms with Gasteiger partial charge in [-0.2, -0.15) is 0 Å². The van der Waals surface area contributed by atoms with E-state index in [9.17, 15) is 13.2 Å². The molecule has 0 fully saturated rings. The molecule has 2 rings (SSSR count). The largest absolute Gasteiger partial charge is 0.382 e. The van der Waals surface area contributed by atoms with Gasteiger partial charge in [0.05, 0.1) is 18.1 Å². The zero-order chi connectivity index (χ0) is 20.4. The Kier molecular flexibility index (Phi) is 8.43. The van der Waals surface area contributed by atoms with Gasteiger partial charge in [-0.25, -0.2) is 8.42 Å². The Morgan fingerprint density at radius 2 is 1.64 bits per heavy atom. The molecule has 0 aromatic heterocycles. The minimum Gasteiger partial charge on any atom is -0.382 e. The van der Waals surface area contributed by atoms with Gasteiger partial charge < -0.3 is 14.8 Å². The van der Waals surface area contributed by atoms with Crippen LogP contribution < -0.4 is 10.0 Å². The number of carbonyl (C=O) groups excluding carboxylic acids is 1. The van der Waals surface area contributed by atoms with Gasteiger partial charge in [0, 0.05) is 31.5 Å². The number of benzene rings is 2. The average molecular weight is 407 g/mol. The van der Waals surface area contributed by atoms with Gasteiger partial charge in [0.15, 0.2) is 0 Å². The molecule has 2 N–H and O–H groups in total. The molecule has 2 aromatic rings. The highest BCUT2D eigenvalue weighted by molar-refractivity contribution is 7.92. The Balaban J connectivity index is 1.86. The molecule has 0 heterocycles. The third kappa shape index (κ3) is 6.95. The average Bonchev–Trinajstić information content (AvgIpc) is 2.69. The Morgan fingerprint density at radius 3 is 2.29 bits per heavy atom. The molecule has 1 amide bonds. The van der Waals surface area contributed by atoms with E-state index in [-0.39, 0.29) is 10.8 Å². The molecule has 0 aliphatic rings.